The van der Waals surface area contributed by atoms with Gasteiger partial charge in [-0.3, -0.25) is 9.89 Å². The summed E-state index contributed by atoms with van der Waals surface area (Å²) in [4.78, 5) is 10.5. The molecule has 0 atom stereocenters. The summed E-state index contributed by atoms with van der Waals surface area (Å²) in [5.41, 5.74) is -6.91. The normalized spacial score (nSPS) is 16.2. The van der Waals surface area contributed by atoms with Crippen molar-refractivity contribution in [1.29, 1.82) is 0 Å². The first-order chi connectivity index (χ1) is 13.4. The molecule has 0 saturated carbocycles. The molecular formula is C17H9F5N2O4S. The lowest BCUT2D eigenvalue weighted by atomic mass is 10.1. The van der Waals surface area contributed by atoms with Crippen molar-refractivity contribution in [1.82, 2.24) is 10.2 Å². The fourth-order valence-electron chi connectivity index (χ4n) is 3.07. The largest absolute Gasteiger partial charge is 0.501 e. The molecule has 0 spiro atoms. The molecule has 1 aliphatic rings. The summed E-state index contributed by atoms with van der Waals surface area (Å²) in [6, 6.07) is 5.78. The van der Waals surface area contributed by atoms with E-state index in [0.29, 0.717) is 17.0 Å². The molecule has 0 bridgehead atoms. The smallest absolute Gasteiger partial charge is 0.457 e. The van der Waals surface area contributed by atoms with Crippen LogP contribution in [0.3, 0.4) is 0 Å². The highest BCUT2D eigenvalue weighted by molar-refractivity contribution is 7.92. The first kappa shape index (κ1) is 19.3. The number of carbonyl (C=O) groups excluding carboxylic acids is 1. The van der Waals surface area contributed by atoms with Gasteiger partial charge < -0.3 is 4.74 Å². The van der Waals surface area contributed by atoms with Gasteiger partial charge in [0.15, 0.2) is 0 Å². The van der Waals surface area contributed by atoms with Crippen molar-refractivity contribution in [3.05, 3.63) is 47.7 Å². The number of H-pyrrole nitrogens is 1. The Labute approximate surface area is 159 Å². The highest BCUT2D eigenvalue weighted by Gasteiger charge is 2.55. The van der Waals surface area contributed by atoms with E-state index in [4.69, 9.17) is 4.74 Å². The van der Waals surface area contributed by atoms with Crippen LogP contribution in [0.4, 0.5) is 22.0 Å². The van der Waals surface area contributed by atoms with Gasteiger partial charge in [-0.15, -0.1) is 0 Å². The Bertz CT molecular complexity index is 1260. The SMILES string of the molecule is O=C1c2c(S(=O)(=O)C(F)(F)F)ccc(Oc3ccc4[nH]ncc4c3)c2CC1(F)F. The number of aromatic amines is 1. The van der Waals surface area contributed by atoms with Gasteiger partial charge in [-0.05, 0) is 30.3 Å². The number of sulfone groups is 1. The Balaban J connectivity index is 1.87. The van der Waals surface area contributed by atoms with E-state index < -0.39 is 49.5 Å². The number of alkyl halides is 5. The molecule has 1 N–H and O–H groups in total. The molecule has 4 rings (SSSR count). The highest BCUT2D eigenvalue weighted by atomic mass is 32.2. The van der Waals surface area contributed by atoms with Crippen LogP contribution >= 0.6 is 0 Å². The van der Waals surface area contributed by atoms with Gasteiger partial charge in [-0.25, -0.2) is 8.42 Å². The van der Waals surface area contributed by atoms with Crippen LogP contribution in [0.15, 0.2) is 41.4 Å². The van der Waals surface area contributed by atoms with E-state index in [0.717, 1.165) is 6.07 Å². The van der Waals surface area contributed by atoms with Crippen molar-refractivity contribution in [2.24, 2.45) is 0 Å². The maximum atomic E-state index is 14.0. The van der Waals surface area contributed by atoms with Crippen LogP contribution in [0, 0.1) is 0 Å². The van der Waals surface area contributed by atoms with E-state index in [9.17, 15) is 35.2 Å². The van der Waals surface area contributed by atoms with Gasteiger partial charge in [0.2, 0.25) is 5.78 Å². The minimum absolute atomic E-state index is 0.134. The summed E-state index contributed by atoms with van der Waals surface area (Å²) in [5, 5.41) is 7.09. The van der Waals surface area contributed by atoms with Gasteiger partial charge in [0.25, 0.3) is 9.84 Å². The molecule has 0 fully saturated rings. The number of ether oxygens (including phenoxy) is 1. The molecular weight excluding hydrogens is 423 g/mol. The zero-order valence-electron chi connectivity index (χ0n) is 14.0. The van der Waals surface area contributed by atoms with E-state index >= 15 is 0 Å². The molecule has 2 aromatic carbocycles. The molecule has 1 heterocycles. The van der Waals surface area contributed by atoms with E-state index in [1.807, 2.05) is 0 Å². The zero-order chi connectivity index (χ0) is 21.2. The van der Waals surface area contributed by atoms with E-state index in [2.05, 4.69) is 10.2 Å². The van der Waals surface area contributed by atoms with Crippen LogP contribution < -0.4 is 4.74 Å². The molecule has 1 aliphatic carbocycles. The fourth-order valence-corrected chi connectivity index (χ4v) is 4.05. The van der Waals surface area contributed by atoms with Crippen molar-refractivity contribution < 1.29 is 39.9 Å². The third-order valence-electron chi connectivity index (χ3n) is 4.42. The summed E-state index contributed by atoms with van der Waals surface area (Å²) in [7, 11) is -6.02. The van der Waals surface area contributed by atoms with Crippen molar-refractivity contribution in [2.45, 2.75) is 22.7 Å². The molecule has 0 saturated heterocycles. The van der Waals surface area contributed by atoms with E-state index in [1.165, 1.54) is 18.3 Å². The van der Waals surface area contributed by atoms with E-state index in [-0.39, 0.29) is 11.5 Å². The summed E-state index contributed by atoms with van der Waals surface area (Å²) >= 11 is 0. The number of hydrogen-bond acceptors (Lipinski definition) is 5. The van der Waals surface area contributed by atoms with Crippen LogP contribution in [-0.4, -0.2) is 35.8 Å². The molecule has 6 nitrogen and oxygen atoms in total. The Morgan fingerprint density at radius 2 is 1.86 bits per heavy atom. The van der Waals surface area contributed by atoms with Gasteiger partial charge >= 0.3 is 11.4 Å². The number of Topliss-reactive ketones (excluding diaryl/α,β-unsaturated/α-hetero) is 1. The number of nitrogens with one attached hydrogen (secondary N) is 1. The molecule has 0 aliphatic heterocycles. The van der Waals surface area contributed by atoms with Gasteiger partial charge in [0.05, 0.1) is 22.2 Å². The number of ketones is 1. The number of nitrogens with zero attached hydrogens (tertiary/aromatic N) is 1. The molecule has 1 aromatic heterocycles. The molecule has 3 aromatic rings. The molecule has 0 amide bonds. The van der Waals surface area contributed by atoms with Gasteiger partial charge in [0.1, 0.15) is 11.5 Å². The third kappa shape index (κ3) is 2.94. The first-order valence-corrected chi connectivity index (χ1v) is 9.41. The number of aromatic nitrogens is 2. The van der Waals surface area contributed by atoms with Crippen molar-refractivity contribution in [3.63, 3.8) is 0 Å². The van der Waals surface area contributed by atoms with Crippen LogP contribution in [0.25, 0.3) is 10.9 Å². The summed E-state index contributed by atoms with van der Waals surface area (Å²) < 4.78 is 95.9. The van der Waals surface area contributed by atoms with Gasteiger partial charge in [-0.2, -0.15) is 27.1 Å². The molecule has 0 unspecified atom stereocenters. The lowest BCUT2D eigenvalue weighted by Crippen LogP contribution is -2.28. The second-order valence-electron chi connectivity index (χ2n) is 6.30. The number of benzene rings is 2. The number of carbonyl (C=O) groups is 1. The van der Waals surface area contributed by atoms with Crippen LogP contribution in [-0.2, 0) is 16.3 Å². The summed E-state index contributed by atoms with van der Waals surface area (Å²) in [6.45, 7) is 0. The minimum atomic E-state index is -6.02. The first-order valence-electron chi connectivity index (χ1n) is 7.93. The van der Waals surface area contributed by atoms with Crippen LogP contribution in [0.5, 0.6) is 11.5 Å². The maximum Gasteiger partial charge on any atom is 0.501 e. The topological polar surface area (TPSA) is 89.1 Å². The standard InChI is InChI=1S/C17H9F5N2O4S/c18-16(19)6-10-12(28-9-1-2-11-8(5-9)7-23-24-11)3-4-13(14(10)15(16)25)29(26,27)17(20,21)22/h1-5,7H,6H2,(H,23,24). The second kappa shape index (κ2) is 5.99. The minimum Gasteiger partial charge on any atom is -0.457 e. The molecule has 0 radical (unpaired) electrons. The lowest BCUT2D eigenvalue weighted by Gasteiger charge is -2.14. The number of halogens is 5. The van der Waals surface area contributed by atoms with Crippen molar-refractivity contribution >= 4 is 26.5 Å². The van der Waals surface area contributed by atoms with Gasteiger partial charge in [-0.1, -0.05) is 0 Å². The van der Waals surface area contributed by atoms with Crippen molar-refractivity contribution in [2.75, 3.05) is 0 Å². The average Bonchev–Trinajstić information content (AvgIpc) is 3.17. The number of fused-ring (bicyclic) bond motifs is 2. The zero-order valence-corrected chi connectivity index (χ0v) is 14.9. The fraction of sp³-hybridized carbons (Fsp3) is 0.176. The quantitative estimate of drug-likeness (QED) is 0.632. The Hall–Kier alpha value is -3.02. The van der Waals surface area contributed by atoms with Gasteiger partial charge in [0, 0.05) is 17.4 Å². The Kier molecular flexibility index (Phi) is 3.99. The molecule has 12 heteroatoms. The predicted octanol–water partition coefficient (Wildman–Crippen LogP) is 4.02. The average molecular weight is 432 g/mol. The maximum absolute atomic E-state index is 14.0. The monoisotopic (exact) mass is 432 g/mol. The Morgan fingerprint density at radius 3 is 2.55 bits per heavy atom. The summed E-state index contributed by atoms with van der Waals surface area (Å²) in [6.07, 6.45) is 0.189. The van der Waals surface area contributed by atoms with Crippen molar-refractivity contribution in [3.8, 4) is 11.5 Å². The predicted molar refractivity (Wildman–Crippen MR) is 88.8 cm³/mol. The van der Waals surface area contributed by atoms with E-state index in [1.54, 1.807) is 6.07 Å². The number of hydrogen-bond donors (Lipinski definition) is 1. The summed E-state index contributed by atoms with van der Waals surface area (Å²) in [5.74, 6) is -6.25. The molecule has 29 heavy (non-hydrogen) atoms. The lowest BCUT2D eigenvalue weighted by molar-refractivity contribution is -0.0436. The second-order valence-corrected chi connectivity index (χ2v) is 8.21. The van der Waals surface area contributed by atoms with Crippen LogP contribution in [0.2, 0.25) is 0 Å². The number of rotatable bonds is 3. The molecule has 152 valence electrons. The van der Waals surface area contributed by atoms with Crippen LogP contribution in [0.1, 0.15) is 15.9 Å². The highest BCUT2D eigenvalue weighted by Crippen LogP contribution is 2.45. The third-order valence-corrected chi connectivity index (χ3v) is 5.95. The Morgan fingerprint density at radius 1 is 1.14 bits per heavy atom.